The highest BCUT2D eigenvalue weighted by Gasteiger charge is 2.06. The van der Waals surface area contributed by atoms with Gasteiger partial charge in [-0.15, -0.1) is 11.3 Å². The van der Waals surface area contributed by atoms with Crippen LogP contribution in [0.25, 0.3) is 0 Å². The highest BCUT2D eigenvalue weighted by Crippen LogP contribution is 2.22. The molecular weight excluding hydrogens is 312 g/mol. The molecule has 18 heavy (non-hydrogen) atoms. The van der Waals surface area contributed by atoms with Crippen LogP contribution < -0.4 is 10.2 Å². The molecule has 0 atom stereocenters. The van der Waals surface area contributed by atoms with Crippen LogP contribution in [-0.2, 0) is 13.1 Å². The van der Waals surface area contributed by atoms with Crippen LogP contribution in [0.15, 0.2) is 27.6 Å². The summed E-state index contributed by atoms with van der Waals surface area (Å²) in [5.41, 5.74) is 2.35. The first-order chi connectivity index (χ1) is 8.69. The summed E-state index contributed by atoms with van der Waals surface area (Å²) in [7, 11) is 3.91. The van der Waals surface area contributed by atoms with Crippen molar-refractivity contribution >= 4 is 33.2 Å². The number of hydrogen-bond acceptors (Lipinski definition) is 5. The molecule has 0 aromatic carbocycles. The van der Waals surface area contributed by atoms with Crippen molar-refractivity contribution in [2.45, 2.75) is 13.1 Å². The molecule has 0 spiro atoms. The number of nitrogens with zero attached hydrogens (tertiary/aromatic N) is 3. The Morgan fingerprint density at radius 1 is 1.33 bits per heavy atom. The Hall–Kier alpha value is -0.980. The minimum atomic E-state index is 0.747. The van der Waals surface area contributed by atoms with Crippen molar-refractivity contribution in [2.24, 2.45) is 0 Å². The maximum atomic E-state index is 4.37. The smallest absolute Gasteiger partial charge is 0.225 e. The highest BCUT2D eigenvalue weighted by atomic mass is 79.9. The van der Waals surface area contributed by atoms with Gasteiger partial charge in [0, 0.05) is 38.1 Å². The van der Waals surface area contributed by atoms with Crippen LogP contribution in [0.4, 0.5) is 5.95 Å². The molecule has 1 N–H and O–H groups in total. The van der Waals surface area contributed by atoms with Gasteiger partial charge in [0.05, 0.1) is 3.79 Å². The minimum absolute atomic E-state index is 0.747. The van der Waals surface area contributed by atoms with Gasteiger partial charge in [0.15, 0.2) is 0 Å². The van der Waals surface area contributed by atoms with Gasteiger partial charge in [0.1, 0.15) is 0 Å². The molecule has 6 heteroatoms. The standard InChI is InChI=1S/C12H15BrN4S/c1-14-4-10-5-15-12(16-6-10)17(2)7-9-3-11(13)18-8-9/h3,5-6,8,14H,4,7H2,1-2H3. The average Bonchev–Trinajstić information content (AvgIpc) is 2.76. The minimum Gasteiger partial charge on any atom is -0.340 e. The quantitative estimate of drug-likeness (QED) is 0.917. The van der Waals surface area contributed by atoms with E-state index >= 15 is 0 Å². The maximum Gasteiger partial charge on any atom is 0.225 e. The van der Waals surface area contributed by atoms with Gasteiger partial charge in [0.2, 0.25) is 5.95 Å². The van der Waals surface area contributed by atoms with Gasteiger partial charge in [-0.05, 0) is 40.0 Å². The molecule has 0 saturated heterocycles. The number of anilines is 1. The summed E-state index contributed by atoms with van der Waals surface area (Å²) in [5, 5.41) is 5.21. The zero-order valence-corrected chi connectivity index (χ0v) is 12.8. The molecular formula is C12H15BrN4S. The summed E-state index contributed by atoms with van der Waals surface area (Å²) in [6.45, 7) is 1.61. The number of aromatic nitrogens is 2. The van der Waals surface area contributed by atoms with E-state index < -0.39 is 0 Å². The van der Waals surface area contributed by atoms with Crippen LogP contribution in [-0.4, -0.2) is 24.1 Å². The number of halogens is 1. The molecule has 2 rings (SSSR count). The Balaban J connectivity index is 2.02. The van der Waals surface area contributed by atoms with E-state index in [0.29, 0.717) is 0 Å². The third-order valence-electron chi connectivity index (χ3n) is 2.46. The SMILES string of the molecule is CNCc1cnc(N(C)Cc2csc(Br)c2)nc1. The topological polar surface area (TPSA) is 41.1 Å². The van der Waals surface area contributed by atoms with Crippen LogP contribution in [0.2, 0.25) is 0 Å². The largest absolute Gasteiger partial charge is 0.340 e. The summed E-state index contributed by atoms with van der Waals surface area (Å²) >= 11 is 5.16. The molecule has 4 nitrogen and oxygen atoms in total. The number of hydrogen-bond donors (Lipinski definition) is 1. The van der Waals surface area contributed by atoms with Crippen molar-refractivity contribution in [1.29, 1.82) is 0 Å². The predicted octanol–water partition coefficient (Wildman–Crippen LogP) is 2.66. The first-order valence-corrected chi connectivity index (χ1v) is 7.26. The van der Waals surface area contributed by atoms with Gasteiger partial charge in [-0.1, -0.05) is 0 Å². The molecule has 2 aromatic heterocycles. The molecule has 0 saturated carbocycles. The average molecular weight is 327 g/mol. The summed E-state index contributed by atoms with van der Waals surface area (Å²) in [4.78, 5) is 10.8. The predicted molar refractivity (Wildman–Crippen MR) is 78.9 cm³/mol. The third-order valence-corrected chi connectivity index (χ3v) is 4.01. The first-order valence-electron chi connectivity index (χ1n) is 5.58. The summed E-state index contributed by atoms with van der Waals surface area (Å²) < 4.78 is 1.15. The second-order valence-electron chi connectivity index (χ2n) is 4.04. The van der Waals surface area contributed by atoms with E-state index in [0.717, 1.165) is 28.4 Å². The van der Waals surface area contributed by atoms with E-state index in [1.165, 1.54) is 5.56 Å². The van der Waals surface area contributed by atoms with Crippen molar-refractivity contribution in [3.8, 4) is 0 Å². The zero-order chi connectivity index (χ0) is 13.0. The van der Waals surface area contributed by atoms with Gasteiger partial charge in [-0.3, -0.25) is 0 Å². The molecule has 2 heterocycles. The molecule has 0 aliphatic heterocycles. The van der Waals surface area contributed by atoms with Crippen LogP contribution >= 0.6 is 27.3 Å². The van der Waals surface area contributed by atoms with Gasteiger partial charge < -0.3 is 10.2 Å². The van der Waals surface area contributed by atoms with Gasteiger partial charge in [0.25, 0.3) is 0 Å². The second-order valence-corrected chi connectivity index (χ2v) is 6.33. The van der Waals surface area contributed by atoms with Gasteiger partial charge in [-0.25, -0.2) is 9.97 Å². The lowest BCUT2D eigenvalue weighted by Crippen LogP contribution is -2.19. The molecule has 0 bridgehead atoms. The van der Waals surface area contributed by atoms with Gasteiger partial charge >= 0.3 is 0 Å². The van der Waals surface area contributed by atoms with E-state index in [4.69, 9.17) is 0 Å². The van der Waals surface area contributed by atoms with Crippen molar-refractivity contribution in [1.82, 2.24) is 15.3 Å². The van der Waals surface area contributed by atoms with Crippen molar-refractivity contribution < 1.29 is 0 Å². The molecule has 96 valence electrons. The molecule has 0 unspecified atom stereocenters. The van der Waals surface area contributed by atoms with Crippen LogP contribution in [0.5, 0.6) is 0 Å². The van der Waals surface area contributed by atoms with Crippen molar-refractivity contribution in [3.63, 3.8) is 0 Å². The molecule has 0 aliphatic carbocycles. The Kier molecular flexibility index (Phi) is 4.68. The van der Waals surface area contributed by atoms with Crippen molar-refractivity contribution in [2.75, 3.05) is 19.0 Å². The van der Waals surface area contributed by atoms with E-state index in [9.17, 15) is 0 Å². The van der Waals surface area contributed by atoms with E-state index in [1.54, 1.807) is 11.3 Å². The van der Waals surface area contributed by atoms with E-state index in [-0.39, 0.29) is 0 Å². The van der Waals surface area contributed by atoms with Crippen LogP contribution in [0.1, 0.15) is 11.1 Å². The Morgan fingerprint density at radius 3 is 2.61 bits per heavy atom. The lowest BCUT2D eigenvalue weighted by molar-refractivity contribution is 0.797. The second kappa shape index (κ2) is 6.26. The number of nitrogens with one attached hydrogen (secondary N) is 1. The Morgan fingerprint density at radius 2 is 2.06 bits per heavy atom. The van der Waals surface area contributed by atoms with Crippen molar-refractivity contribution in [3.05, 3.63) is 38.8 Å². The fourth-order valence-electron chi connectivity index (χ4n) is 1.61. The van der Waals surface area contributed by atoms with Gasteiger partial charge in [-0.2, -0.15) is 0 Å². The fraction of sp³-hybridized carbons (Fsp3) is 0.333. The van der Waals surface area contributed by atoms with Crippen LogP contribution in [0, 0.1) is 0 Å². The summed E-state index contributed by atoms with van der Waals surface area (Å²) in [6, 6.07) is 2.12. The highest BCUT2D eigenvalue weighted by molar-refractivity contribution is 9.11. The Labute approximate surface area is 119 Å². The molecule has 2 aromatic rings. The van der Waals surface area contributed by atoms with Crippen LogP contribution in [0.3, 0.4) is 0 Å². The number of rotatable bonds is 5. The monoisotopic (exact) mass is 326 g/mol. The lowest BCUT2D eigenvalue weighted by Gasteiger charge is -2.16. The normalized spacial score (nSPS) is 10.6. The molecule has 0 radical (unpaired) electrons. The third kappa shape index (κ3) is 3.51. The van der Waals surface area contributed by atoms with E-state index in [1.807, 2.05) is 31.4 Å². The first kappa shape index (κ1) is 13.5. The zero-order valence-electron chi connectivity index (χ0n) is 10.4. The Bertz CT molecular complexity index is 497. The molecule has 0 aliphatic rings. The maximum absolute atomic E-state index is 4.37. The fourth-order valence-corrected chi connectivity index (χ4v) is 2.81. The molecule has 0 amide bonds. The molecule has 0 fully saturated rings. The number of thiophene rings is 1. The summed E-state index contributed by atoms with van der Waals surface area (Å²) in [6.07, 6.45) is 3.72. The summed E-state index contributed by atoms with van der Waals surface area (Å²) in [5.74, 6) is 0.747. The lowest BCUT2D eigenvalue weighted by atomic mass is 10.3. The van der Waals surface area contributed by atoms with E-state index in [2.05, 4.69) is 42.7 Å².